The van der Waals surface area contributed by atoms with Gasteiger partial charge in [-0.2, -0.15) is 0 Å². The van der Waals surface area contributed by atoms with Gasteiger partial charge in [0, 0.05) is 10.9 Å². The minimum Gasteiger partial charge on any atom is -0.480 e. The van der Waals surface area contributed by atoms with Crippen molar-refractivity contribution in [1.82, 2.24) is 4.98 Å². The standard InChI is InChI=1S/C18H15BrFN3O4/c1-9-11-7-10(20)3-6-15(11)27-16(9)14(24)8-26-23-17(21)13-5-4-12(19)18(22-13)25-2/h3-7H,8H2,1-2H3,(H2,21,23). The topological polar surface area (TPSA) is 99.9 Å². The lowest BCUT2D eigenvalue weighted by Gasteiger charge is -2.05. The van der Waals surface area contributed by atoms with Crippen LogP contribution >= 0.6 is 15.9 Å². The van der Waals surface area contributed by atoms with Crippen LogP contribution in [0.2, 0.25) is 0 Å². The summed E-state index contributed by atoms with van der Waals surface area (Å²) in [5, 5.41) is 4.24. The van der Waals surface area contributed by atoms with E-state index in [1.54, 1.807) is 19.1 Å². The fourth-order valence-electron chi connectivity index (χ4n) is 2.44. The number of methoxy groups -OCH3 is 1. The summed E-state index contributed by atoms with van der Waals surface area (Å²) in [6.07, 6.45) is 0. The molecule has 2 N–H and O–H groups in total. The molecule has 27 heavy (non-hydrogen) atoms. The van der Waals surface area contributed by atoms with Crippen LogP contribution in [0, 0.1) is 12.7 Å². The van der Waals surface area contributed by atoms with Crippen LogP contribution in [-0.4, -0.2) is 30.3 Å². The Kier molecular flexibility index (Phi) is 5.41. The Balaban J connectivity index is 1.72. The van der Waals surface area contributed by atoms with Crippen LogP contribution in [0.25, 0.3) is 11.0 Å². The van der Waals surface area contributed by atoms with Crippen molar-refractivity contribution in [3.8, 4) is 5.88 Å². The number of nitrogens with two attached hydrogens (primary N) is 1. The molecule has 2 heterocycles. The van der Waals surface area contributed by atoms with Crippen molar-refractivity contribution in [2.45, 2.75) is 6.92 Å². The average molecular weight is 436 g/mol. The van der Waals surface area contributed by atoms with Crippen LogP contribution in [0.1, 0.15) is 21.8 Å². The summed E-state index contributed by atoms with van der Waals surface area (Å²) in [5.41, 5.74) is 7.11. The molecule has 140 valence electrons. The first-order valence-electron chi connectivity index (χ1n) is 7.79. The number of oxime groups is 1. The van der Waals surface area contributed by atoms with E-state index in [1.807, 2.05) is 0 Å². The van der Waals surface area contributed by atoms with Gasteiger partial charge in [0.05, 0.1) is 11.6 Å². The van der Waals surface area contributed by atoms with Crippen molar-refractivity contribution >= 4 is 38.5 Å². The van der Waals surface area contributed by atoms with Gasteiger partial charge in [-0.05, 0) is 53.2 Å². The number of hydrogen-bond acceptors (Lipinski definition) is 6. The number of halogens is 2. The summed E-state index contributed by atoms with van der Waals surface area (Å²) in [6, 6.07) is 7.37. The molecular weight excluding hydrogens is 421 g/mol. The fraction of sp³-hybridized carbons (Fsp3) is 0.167. The van der Waals surface area contributed by atoms with Gasteiger partial charge in [0.1, 0.15) is 17.1 Å². The van der Waals surface area contributed by atoms with E-state index in [1.165, 1.54) is 25.3 Å². The SMILES string of the molecule is COc1nc(/C(N)=N/OCC(=O)c2oc3ccc(F)cc3c2C)ccc1Br. The molecule has 0 amide bonds. The lowest BCUT2D eigenvalue weighted by atomic mass is 10.1. The quantitative estimate of drug-likeness (QED) is 0.275. The number of aromatic nitrogens is 1. The molecule has 1 aromatic carbocycles. The zero-order valence-corrected chi connectivity index (χ0v) is 16.0. The lowest BCUT2D eigenvalue weighted by Crippen LogP contribution is -2.17. The molecule has 2 aromatic heterocycles. The highest BCUT2D eigenvalue weighted by atomic mass is 79.9. The number of Topliss-reactive ketones (excluding diaryl/α,β-unsaturated/α-hetero) is 1. The van der Waals surface area contributed by atoms with Crippen LogP contribution in [0.3, 0.4) is 0 Å². The third-order valence-electron chi connectivity index (χ3n) is 3.78. The van der Waals surface area contributed by atoms with Crippen molar-refractivity contribution in [1.29, 1.82) is 0 Å². The number of furan rings is 1. The predicted molar refractivity (Wildman–Crippen MR) is 100 cm³/mol. The Bertz CT molecular complexity index is 1050. The molecule has 0 atom stereocenters. The molecule has 3 rings (SSSR count). The molecule has 0 spiro atoms. The Hall–Kier alpha value is -2.94. The summed E-state index contributed by atoms with van der Waals surface area (Å²) in [7, 11) is 1.47. The Morgan fingerprint density at radius 1 is 1.37 bits per heavy atom. The third-order valence-corrected chi connectivity index (χ3v) is 4.38. The van der Waals surface area contributed by atoms with E-state index in [0.29, 0.717) is 32.6 Å². The highest BCUT2D eigenvalue weighted by Gasteiger charge is 2.18. The summed E-state index contributed by atoms with van der Waals surface area (Å²) in [5.74, 6) is -0.435. The number of rotatable bonds is 6. The lowest BCUT2D eigenvalue weighted by molar-refractivity contribution is 0.0749. The normalized spacial score (nSPS) is 11.6. The molecule has 3 aromatic rings. The number of nitrogens with zero attached hydrogens (tertiary/aromatic N) is 2. The molecule has 0 unspecified atom stereocenters. The second-order valence-electron chi connectivity index (χ2n) is 5.56. The van der Waals surface area contributed by atoms with Gasteiger partial charge in [0.2, 0.25) is 11.7 Å². The summed E-state index contributed by atoms with van der Waals surface area (Å²) in [4.78, 5) is 21.5. The zero-order valence-electron chi connectivity index (χ0n) is 14.5. The van der Waals surface area contributed by atoms with Gasteiger partial charge in [0.25, 0.3) is 0 Å². The van der Waals surface area contributed by atoms with E-state index in [-0.39, 0.29) is 11.6 Å². The monoisotopic (exact) mass is 435 g/mol. The van der Waals surface area contributed by atoms with E-state index < -0.39 is 18.2 Å². The third kappa shape index (κ3) is 3.92. The van der Waals surface area contributed by atoms with Crippen LogP contribution in [0.15, 0.2) is 44.4 Å². The van der Waals surface area contributed by atoms with E-state index in [9.17, 15) is 9.18 Å². The second kappa shape index (κ2) is 7.75. The molecule has 7 nitrogen and oxygen atoms in total. The second-order valence-corrected chi connectivity index (χ2v) is 6.41. The first-order chi connectivity index (χ1) is 12.9. The van der Waals surface area contributed by atoms with Gasteiger partial charge in [-0.3, -0.25) is 4.79 Å². The van der Waals surface area contributed by atoms with E-state index in [0.717, 1.165) is 0 Å². The fourth-order valence-corrected chi connectivity index (χ4v) is 2.82. The van der Waals surface area contributed by atoms with Gasteiger partial charge >= 0.3 is 0 Å². The van der Waals surface area contributed by atoms with E-state index in [2.05, 4.69) is 26.1 Å². The average Bonchev–Trinajstić information content (AvgIpc) is 2.98. The molecule has 0 radical (unpaired) electrons. The highest BCUT2D eigenvalue weighted by molar-refractivity contribution is 9.10. The Labute approximate surface area is 162 Å². The number of ether oxygens (including phenoxy) is 1. The van der Waals surface area contributed by atoms with Gasteiger partial charge in [-0.1, -0.05) is 5.16 Å². The van der Waals surface area contributed by atoms with Gasteiger partial charge in [-0.15, -0.1) is 0 Å². The number of fused-ring (bicyclic) bond motifs is 1. The van der Waals surface area contributed by atoms with E-state index >= 15 is 0 Å². The van der Waals surface area contributed by atoms with Gasteiger partial charge in [-0.25, -0.2) is 9.37 Å². The predicted octanol–water partition coefficient (Wildman–Crippen LogP) is 3.57. The molecule has 0 aliphatic carbocycles. The summed E-state index contributed by atoms with van der Waals surface area (Å²) in [6.45, 7) is 1.28. The number of carbonyl (C=O) groups is 1. The first-order valence-corrected chi connectivity index (χ1v) is 8.58. The Morgan fingerprint density at radius 3 is 2.89 bits per heavy atom. The number of aryl methyl sites for hydroxylation is 1. The van der Waals surface area contributed by atoms with Crippen molar-refractivity contribution in [3.63, 3.8) is 0 Å². The highest BCUT2D eigenvalue weighted by Crippen LogP contribution is 2.26. The molecule has 0 fully saturated rings. The van der Waals surface area contributed by atoms with Crippen LogP contribution in [0.5, 0.6) is 5.88 Å². The largest absolute Gasteiger partial charge is 0.480 e. The minimum absolute atomic E-state index is 0.0167. The smallest absolute Gasteiger partial charge is 0.238 e. The minimum atomic E-state index is -0.443. The van der Waals surface area contributed by atoms with Gasteiger partial charge in [0.15, 0.2) is 18.2 Å². The maximum atomic E-state index is 13.4. The molecule has 9 heteroatoms. The number of ketones is 1. The van der Waals surface area contributed by atoms with Crippen LogP contribution < -0.4 is 10.5 Å². The van der Waals surface area contributed by atoms with Crippen molar-refractivity contribution in [3.05, 3.63) is 57.6 Å². The van der Waals surface area contributed by atoms with Gasteiger partial charge < -0.3 is 19.7 Å². The number of pyridine rings is 1. The molecular formula is C18H15BrFN3O4. The Morgan fingerprint density at radius 2 is 2.15 bits per heavy atom. The summed E-state index contributed by atoms with van der Waals surface area (Å²) < 4.78 is 24.6. The number of carbonyl (C=O) groups excluding carboxylic acids is 1. The number of amidine groups is 1. The van der Waals surface area contributed by atoms with Crippen molar-refractivity contribution in [2.75, 3.05) is 13.7 Å². The van der Waals surface area contributed by atoms with Crippen LogP contribution in [0.4, 0.5) is 4.39 Å². The van der Waals surface area contributed by atoms with Crippen molar-refractivity contribution in [2.24, 2.45) is 10.9 Å². The molecule has 0 aliphatic rings. The molecule has 0 saturated carbocycles. The number of benzene rings is 1. The number of hydrogen-bond donors (Lipinski definition) is 1. The summed E-state index contributed by atoms with van der Waals surface area (Å²) >= 11 is 3.28. The van der Waals surface area contributed by atoms with E-state index in [4.69, 9.17) is 19.7 Å². The molecule has 0 saturated heterocycles. The van der Waals surface area contributed by atoms with Crippen molar-refractivity contribution < 1.29 is 23.2 Å². The molecule has 0 bridgehead atoms. The maximum Gasteiger partial charge on any atom is 0.238 e. The van der Waals surface area contributed by atoms with Crippen LogP contribution in [-0.2, 0) is 4.84 Å². The first kappa shape index (κ1) is 18.8. The molecule has 0 aliphatic heterocycles. The zero-order chi connectivity index (χ0) is 19.6. The maximum absolute atomic E-state index is 13.4.